The topological polar surface area (TPSA) is 57.2 Å². The lowest BCUT2D eigenvalue weighted by molar-refractivity contribution is -0.0838. The van der Waals surface area contributed by atoms with E-state index in [0.29, 0.717) is 24.2 Å². The van der Waals surface area contributed by atoms with Crippen LogP contribution in [0.25, 0.3) is 0 Å². The maximum Gasteiger partial charge on any atom is 0.496 e. The molecule has 2 saturated heterocycles. The van der Waals surface area contributed by atoms with Crippen LogP contribution in [0.3, 0.4) is 0 Å². The fraction of sp³-hybridized carbons (Fsp3) is 0.552. The maximum atomic E-state index is 15.3. The molecule has 2 fully saturated rings. The molecule has 0 bridgehead atoms. The number of carbonyl (C=O) groups excluding carboxylic acids is 1. The molecule has 9 heteroatoms. The fourth-order valence-electron chi connectivity index (χ4n) is 5.77. The highest BCUT2D eigenvalue weighted by Gasteiger charge is 2.61. The second-order valence-electron chi connectivity index (χ2n) is 12.5. The predicted molar refractivity (Wildman–Crippen MR) is 146 cm³/mol. The molecule has 2 aromatic rings. The average molecular weight is 544 g/mol. The van der Waals surface area contributed by atoms with Crippen LogP contribution >= 0.6 is 11.6 Å². The number of hydrogen-bond acceptors (Lipinski definition) is 5. The first kappa shape index (κ1) is 27.3. The first-order chi connectivity index (χ1) is 17.6. The van der Waals surface area contributed by atoms with Gasteiger partial charge in [-0.2, -0.15) is 0 Å². The Morgan fingerprint density at radius 1 is 1.13 bits per heavy atom. The van der Waals surface area contributed by atoms with Crippen molar-refractivity contribution in [3.8, 4) is 5.75 Å². The molecule has 3 heterocycles. The summed E-state index contributed by atoms with van der Waals surface area (Å²) in [4.78, 5) is 14.9. The Hall–Kier alpha value is -2.29. The number of carbonyl (C=O) groups is 1. The minimum atomic E-state index is -0.992. The van der Waals surface area contributed by atoms with Crippen molar-refractivity contribution in [1.29, 1.82) is 0 Å². The Kier molecular flexibility index (Phi) is 6.37. The lowest BCUT2D eigenvalue weighted by atomic mass is 9.66. The average Bonchev–Trinajstić information content (AvgIpc) is 3.16. The lowest BCUT2D eigenvalue weighted by Gasteiger charge is -2.51. The molecule has 2 unspecified atom stereocenters. The molecule has 5 rings (SSSR count). The Morgan fingerprint density at radius 3 is 2.26 bits per heavy atom. The summed E-state index contributed by atoms with van der Waals surface area (Å²) >= 11 is 6.65. The summed E-state index contributed by atoms with van der Waals surface area (Å²) in [6.07, 6.45) is 0.306. The van der Waals surface area contributed by atoms with E-state index in [2.05, 4.69) is 0 Å². The molecule has 3 aliphatic heterocycles. The lowest BCUT2D eigenvalue weighted by Crippen LogP contribution is -2.64. The Balaban J connectivity index is 1.64. The number of benzene rings is 2. The van der Waals surface area contributed by atoms with Crippen molar-refractivity contribution in [2.24, 2.45) is 0 Å². The van der Waals surface area contributed by atoms with Crippen LogP contribution in [-0.2, 0) is 19.6 Å². The molecule has 3 atom stereocenters. The molecule has 6 nitrogen and oxygen atoms in total. The van der Waals surface area contributed by atoms with Gasteiger partial charge in [-0.1, -0.05) is 48.9 Å². The number of fused-ring (bicyclic) bond motifs is 1. The number of likely N-dealkylation sites (tertiary alicyclic amines) is 1. The zero-order chi connectivity index (χ0) is 27.8. The highest BCUT2D eigenvalue weighted by atomic mass is 35.5. The quantitative estimate of drug-likeness (QED) is 0.433. The van der Waals surface area contributed by atoms with Gasteiger partial charge in [-0.25, -0.2) is 9.18 Å². The second kappa shape index (κ2) is 8.87. The molecule has 0 N–H and O–H groups in total. The maximum absolute atomic E-state index is 15.3. The van der Waals surface area contributed by atoms with Gasteiger partial charge in [-0.05, 0) is 60.5 Å². The first-order valence-electron chi connectivity index (χ1n) is 13.2. The smallest absolute Gasteiger partial charge is 0.479 e. The van der Waals surface area contributed by atoms with E-state index in [-0.39, 0.29) is 17.0 Å². The monoisotopic (exact) mass is 543 g/mol. The molecule has 38 heavy (non-hydrogen) atoms. The molecule has 0 saturated carbocycles. The Labute approximate surface area is 229 Å². The summed E-state index contributed by atoms with van der Waals surface area (Å²) in [6, 6.07) is 10.8. The third-order valence-corrected chi connectivity index (χ3v) is 8.86. The minimum Gasteiger partial charge on any atom is -0.479 e. The molecular weight excluding hydrogens is 508 g/mol. The van der Waals surface area contributed by atoms with Gasteiger partial charge in [0.15, 0.2) is 5.60 Å². The number of halogens is 2. The highest BCUT2D eigenvalue weighted by molar-refractivity contribution is 6.66. The molecule has 1 amide bonds. The number of hydrogen-bond donors (Lipinski definition) is 0. The third-order valence-electron chi connectivity index (χ3n) is 8.47. The van der Waals surface area contributed by atoms with Crippen LogP contribution < -0.4 is 10.2 Å². The normalized spacial score (nSPS) is 27.5. The van der Waals surface area contributed by atoms with Crippen LogP contribution in [0, 0.1) is 5.82 Å². The molecule has 0 radical (unpaired) electrons. The molecule has 3 aliphatic rings. The van der Waals surface area contributed by atoms with E-state index in [1.54, 1.807) is 4.90 Å². The van der Waals surface area contributed by atoms with Gasteiger partial charge in [0.2, 0.25) is 0 Å². The van der Waals surface area contributed by atoms with Gasteiger partial charge in [0.1, 0.15) is 17.2 Å². The fourth-order valence-corrected chi connectivity index (χ4v) is 6.02. The number of amides is 1. The number of nitrogens with zero attached hydrogens (tertiary/aromatic N) is 1. The summed E-state index contributed by atoms with van der Waals surface area (Å²) in [5, 5.41) is -0.0424. The van der Waals surface area contributed by atoms with Gasteiger partial charge in [-0.15, -0.1) is 0 Å². The van der Waals surface area contributed by atoms with Crippen molar-refractivity contribution in [2.45, 2.75) is 96.2 Å². The zero-order valence-electron chi connectivity index (χ0n) is 23.4. The van der Waals surface area contributed by atoms with E-state index in [1.165, 1.54) is 6.07 Å². The van der Waals surface area contributed by atoms with Crippen molar-refractivity contribution in [3.63, 3.8) is 0 Å². The van der Waals surface area contributed by atoms with E-state index >= 15 is 4.39 Å². The summed E-state index contributed by atoms with van der Waals surface area (Å²) in [6.45, 7) is 15.9. The Morgan fingerprint density at radius 2 is 1.74 bits per heavy atom. The van der Waals surface area contributed by atoms with Crippen molar-refractivity contribution in [2.75, 3.05) is 6.54 Å². The summed E-state index contributed by atoms with van der Waals surface area (Å²) in [7, 11) is -0.877. The van der Waals surface area contributed by atoms with Gasteiger partial charge in [0.05, 0.1) is 22.3 Å². The molecule has 0 spiro atoms. The molecule has 0 aliphatic carbocycles. The van der Waals surface area contributed by atoms with Crippen molar-refractivity contribution >= 4 is 30.3 Å². The van der Waals surface area contributed by atoms with E-state index < -0.39 is 41.4 Å². The van der Waals surface area contributed by atoms with Crippen LogP contribution in [0.2, 0.25) is 5.02 Å². The standard InChI is InChI=1S/C29H36BClFNO5/c1-17-22-20(16-19(32)24(31)23(22)30-37-27(5,6)28(7,8)38-30)35-29(17,18-12-10-9-11-13-18)21-14-15-33(21)25(34)36-26(2,3)4/h9-13,16-17,21H,14-15H2,1-8H3/t17-,21?,29?/m0/s1. The minimum absolute atomic E-state index is 0.0424. The second-order valence-corrected chi connectivity index (χ2v) is 12.9. The molecule has 204 valence electrons. The van der Waals surface area contributed by atoms with Crippen LogP contribution in [0.1, 0.15) is 78.9 Å². The zero-order valence-corrected chi connectivity index (χ0v) is 24.1. The van der Waals surface area contributed by atoms with Gasteiger partial charge in [-0.3, -0.25) is 0 Å². The van der Waals surface area contributed by atoms with Gasteiger partial charge < -0.3 is 23.7 Å². The SMILES string of the molecule is C[C@H]1c2c(cc(F)c(Cl)c2B2OC(C)(C)C(C)(C)O2)OC1(c1ccccc1)C1CCN1C(=O)OC(C)(C)C. The molecule has 2 aromatic carbocycles. The van der Waals surface area contributed by atoms with Crippen LogP contribution in [0.5, 0.6) is 5.75 Å². The number of ether oxygens (including phenoxy) is 2. The van der Waals surface area contributed by atoms with E-state index in [4.69, 9.17) is 30.4 Å². The van der Waals surface area contributed by atoms with Crippen LogP contribution in [-0.4, -0.2) is 47.5 Å². The predicted octanol–water partition coefficient (Wildman–Crippen LogP) is 6.18. The van der Waals surface area contributed by atoms with Crippen LogP contribution in [0.15, 0.2) is 36.4 Å². The Bertz CT molecular complexity index is 1250. The largest absolute Gasteiger partial charge is 0.496 e. The number of rotatable bonds is 3. The summed E-state index contributed by atoms with van der Waals surface area (Å²) < 4.78 is 40.5. The summed E-state index contributed by atoms with van der Waals surface area (Å²) in [5.74, 6) is -0.546. The van der Waals surface area contributed by atoms with E-state index in [1.807, 2.05) is 85.7 Å². The third kappa shape index (κ3) is 4.11. The van der Waals surface area contributed by atoms with Crippen molar-refractivity contribution in [1.82, 2.24) is 4.90 Å². The molecule has 0 aromatic heterocycles. The van der Waals surface area contributed by atoms with Gasteiger partial charge in [0, 0.05) is 29.6 Å². The van der Waals surface area contributed by atoms with Crippen LogP contribution in [0.4, 0.5) is 9.18 Å². The van der Waals surface area contributed by atoms with Crippen molar-refractivity contribution < 1.29 is 28.0 Å². The molecular formula is C29H36BClFNO5. The highest BCUT2D eigenvalue weighted by Crippen LogP contribution is 2.56. The van der Waals surface area contributed by atoms with Gasteiger partial charge in [0.25, 0.3) is 0 Å². The van der Waals surface area contributed by atoms with Crippen molar-refractivity contribution in [3.05, 3.63) is 58.4 Å². The van der Waals surface area contributed by atoms with Gasteiger partial charge >= 0.3 is 13.2 Å². The van der Waals surface area contributed by atoms with E-state index in [0.717, 1.165) is 11.1 Å². The first-order valence-corrected chi connectivity index (χ1v) is 13.6. The van der Waals surface area contributed by atoms with E-state index in [9.17, 15) is 4.79 Å². The summed E-state index contributed by atoms with van der Waals surface area (Å²) in [5.41, 5.74) is -0.847.